The van der Waals surface area contributed by atoms with E-state index in [4.69, 9.17) is 33.6 Å². The van der Waals surface area contributed by atoms with Crippen LogP contribution in [-0.2, 0) is 4.79 Å². The molecule has 3 fully saturated rings. The molecule has 14 heteroatoms. The first kappa shape index (κ1) is 31.5. The van der Waals surface area contributed by atoms with Crippen LogP contribution in [0.2, 0.25) is 5.02 Å². The lowest BCUT2D eigenvalue weighted by Gasteiger charge is -2.31. The van der Waals surface area contributed by atoms with Crippen LogP contribution in [0.4, 0.5) is 29.7 Å². The van der Waals surface area contributed by atoms with Gasteiger partial charge in [0, 0.05) is 55.5 Å². The number of thiophene rings is 1. The fraction of sp³-hybridized carbons (Fsp3) is 0.394. The van der Waals surface area contributed by atoms with Crippen molar-refractivity contribution < 1.29 is 22.7 Å². The second-order valence-electron chi connectivity index (χ2n) is 12.4. The van der Waals surface area contributed by atoms with Crippen molar-refractivity contribution in [2.45, 2.75) is 43.4 Å². The Hall–Kier alpha value is -4.12. The molecule has 2 N–H and O–H groups in total. The summed E-state index contributed by atoms with van der Waals surface area (Å²) in [5, 5.41) is 0.596. The maximum absolute atomic E-state index is 16.9. The van der Waals surface area contributed by atoms with Gasteiger partial charge in [-0.05, 0) is 49.6 Å². The molecule has 2 aromatic heterocycles. The number of hydrogen-bond donors (Lipinski definition) is 1. The summed E-state index contributed by atoms with van der Waals surface area (Å²) in [6, 6.07) is 3.88. The number of carbonyl (C=O) groups excluding carboxylic acids is 1. The van der Waals surface area contributed by atoms with E-state index in [0.29, 0.717) is 43.7 Å². The highest BCUT2D eigenvalue weighted by atomic mass is 35.5. The highest BCUT2D eigenvalue weighted by Gasteiger charge is 2.49. The molecule has 3 aliphatic rings. The van der Waals surface area contributed by atoms with Crippen molar-refractivity contribution in [2.24, 2.45) is 0 Å². The van der Waals surface area contributed by atoms with Crippen LogP contribution in [0, 0.1) is 18.2 Å². The van der Waals surface area contributed by atoms with Gasteiger partial charge < -0.3 is 20.3 Å². The second kappa shape index (κ2) is 11.8. The van der Waals surface area contributed by atoms with E-state index in [1.165, 1.54) is 18.2 Å². The first-order chi connectivity index (χ1) is 22.5. The number of nitrogen functional groups attached to an aromatic ring is 1. The van der Waals surface area contributed by atoms with Gasteiger partial charge in [-0.2, -0.15) is 9.97 Å². The summed E-state index contributed by atoms with van der Waals surface area (Å²) >= 11 is 7.73. The number of likely N-dealkylation sites (N-methyl/N-ethyl adjacent to an activating group) is 1. The van der Waals surface area contributed by atoms with Crippen molar-refractivity contribution >= 4 is 66.3 Å². The number of nitrogens with zero attached hydrogens (tertiary/aromatic N) is 6. The van der Waals surface area contributed by atoms with Gasteiger partial charge in [0.15, 0.2) is 5.82 Å². The molecule has 5 heterocycles. The molecule has 7 rings (SSSR count). The van der Waals surface area contributed by atoms with Crippen molar-refractivity contribution in [1.29, 1.82) is 0 Å². The minimum Gasteiger partial charge on any atom is -0.461 e. The first-order valence-electron chi connectivity index (χ1n) is 15.3. The molecule has 3 aliphatic heterocycles. The number of rotatable bonds is 7. The third-order valence-electron chi connectivity index (χ3n) is 9.78. The molecule has 3 atom stereocenters. The Labute approximate surface area is 278 Å². The Bertz CT molecular complexity index is 2000. The Morgan fingerprint density at radius 1 is 1.34 bits per heavy atom. The van der Waals surface area contributed by atoms with Crippen LogP contribution in [-0.4, -0.2) is 83.3 Å². The topological polar surface area (TPSA) is 92.2 Å². The minimum atomic E-state index is -0.956. The molecule has 47 heavy (non-hydrogen) atoms. The van der Waals surface area contributed by atoms with Crippen LogP contribution < -0.4 is 15.4 Å². The minimum absolute atomic E-state index is 0.00541. The highest BCUT2D eigenvalue weighted by molar-refractivity contribution is 7.23. The molecule has 4 aromatic rings. The van der Waals surface area contributed by atoms with Gasteiger partial charge in [0.2, 0.25) is 11.6 Å². The molecule has 1 amide bonds. The van der Waals surface area contributed by atoms with E-state index in [1.807, 2.05) is 4.90 Å². The third-order valence-corrected chi connectivity index (χ3v) is 11.1. The van der Waals surface area contributed by atoms with E-state index in [2.05, 4.69) is 21.3 Å². The number of ether oxygens (including phenoxy) is 1. The summed E-state index contributed by atoms with van der Waals surface area (Å²) in [6.45, 7) is 13.4. The number of likely N-dealkylation sites (tertiary alicyclic amines) is 1. The number of nitrogens with two attached hydrogens (primary N) is 1. The lowest BCUT2D eigenvalue weighted by atomic mass is 9.95. The van der Waals surface area contributed by atoms with Gasteiger partial charge in [0.25, 0.3) is 0 Å². The molecular weight excluding hydrogens is 651 g/mol. The summed E-state index contributed by atoms with van der Waals surface area (Å²) in [7, 11) is 1.81. The zero-order valence-corrected chi connectivity index (χ0v) is 27.1. The largest absolute Gasteiger partial charge is 0.461 e. The van der Waals surface area contributed by atoms with Gasteiger partial charge in [0.1, 0.15) is 29.9 Å². The molecule has 0 aliphatic carbocycles. The molecule has 0 radical (unpaired) electrons. The van der Waals surface area contributed by atoms with Crippen molar-refractivity contribution in [3.63, 3.8) is 0 Å². The highest BCUT2D eigenvalue weighted by Crippen LogP contribution is 2.49. The average molecular weight is 682 g/mol. The number of alkyl halides is 1. The summed E-state index contributed by atoms with van der Waals surface area (Å²) < 4.78 is 52.6. The van der Waals surface area contributed by atoms with Crippen LogP contribution in [0.15, 0.2) is 30.9 Å². The van der Waals surface area contributed by atoms with Crippen molar-refractivity contribution in [3.05, 3.63) is 58.9 Å². The summed E-state index contributed by atoms with van der Waals surface area (Å²) in [5.74, 6) is -1.23. The molecule has 0 spiro atoms. The van der Waals surface area contributed by atoms with Gasteiger partial charge in [-0.3, -0.25) is 9.69 Å². The van der Waals surface area contributed by atoms with E-state index < -0.39 is 23.3 Å². The van der Waals surface area contributed by atoms with Gasteiger partial charge in [-0.25, -0.2) is 18.0 Å². The SMILES string of the molecule is [C-]#[N+]c1c(N)sc2c(F)ccc(-c3c(Cl)cc4c(N(C)[C@@H]5CCN(C(=O)C=C)C5)nc(OC[C@@]56CCCN5C[C@H](F)C6)nc4c3F)c12. The molecule has 9 nitrogen and oxygen atoms in total. The maximum atomic E-state index is 16.9. The van der Waals surface area contributed by atoms with E-state index >= 15 is 4.39 Å². The van der Waals surface area contributed by atoms with Crippen LogP contribution in [0.3, 0.4) is 0 Å². The Balaban J connectivity index is 1.37. The Kier molecular flexibility index (Phi) is 7.93. The molecule has 0 bridgehead atoms. The quantitative estimate of drug-likeness (QED) is 0.170. The van der Waals surface area contributed by atoms with Crippen LogP contribution >= 0.6 is 22.9 Å². The monoisotopic (exact) mass is 681 g/mol. The predicted molar refractivity (Wildman–Crippen MR) is 178 cm³/mol. The number of halogens is 4. The lowest BCUT2D eigenvalue weighted by Crippen LogP contribution is -2.43. The van der Waals surface area contributed by atoms with Crippen LogP contribution in [0.5, 0.6) is 6.01 Å². The van der Waals surface area contributed by atoms with Gasteiger partial charge in [0.05, 0.1) is 26.8 Å². The molecule has 244 valence electrons. The fourth-order valence-electron chi connectivity index (χ4n) is 7.44. The number of amides is 1. The average Bonchev–Trinajstić information content (AvgIpc) is 3.82. The Morgan fingerprint density at radius 3 is 2.91 bits per heavy atom. The van der Waals surface area contributed by atoms with Crippen molar-refractivity contribution in [2.75, 3.05) is 50.5 Å². The zero-order valence-electron chi connectivity index (χ0n) is 25.5. The van der Waals surface area contributed by atoms with E-state index in [9.17, 15) is 13.6 Å². The van der Waals surface area contributed by atoms with E-state index in [0.717, 1.165) is 30.7 Å². The summed E-state index contributed by atoms with van der Waals surface area (Å²) in [5.41, 5.74) is 5.64. The van der Waals surface area contributed by atoms with Crippen molar-refractivity contribution in [3.8, 4) is 17.1 Å². The summed E-state index contributed by atoms with van der Waals surface area (Å²) in [4.78, 5) is 30.7. The maximum Gasteiger partial charge on any atom is 0.319 e. The molecular formula is C33H31ClF3N7O2S. The number of anilines is 2. The number of aromatic nitrogens is 2. The standard InChI is InChI=1S/C33H31ClF3N7O2S/c1-4-23(45)43-11-8-18(15-43)42(3)31-20-12-21(34)24(19-6-7-22(36)29-25(19)28(39-2)30(38)47-29)26(37)27(20)40-32(41-31)46-16-33-9-5-10-44(33)14-17(35)13-33/h4,6-7,12,17-18H,1,5,8-11,13-16,38H2,3H3/t17-,18-,33+/m1/s1. The van der Waals surface area contributed by atoms with E-state index in [-0.39, 0.29) is 67.0 Å². The normalized spacial score (nSPS) is 22.6. The van der Waals surface area contributed by atoms with Crippen molar-refractivity contribution in [1.82, 2.24) is 19.8 Å². The third kappa shape index (κ3) is 5.14. The smallest absolute Gasteiger partial charge is 0.319 e. The molecule has 2 aromatic carbocycles. The molecule has 0 saturated carbocycles. The lowest BCUT2D eigenvalue weighted by molar-refractivity contribution is -0.125. The number of carbonyl (C=O) groups is 1. The fourth-order valence-corrected chi connectivity index (χ4v) is 8.67. The molecule has 0 unspecified atom stereocenters. The van der Waals surface area contributed by atoms with Gasteiger partial charge in [-0.15, -0.1) is 11.3 Å². The van der Waals surface area contributed by atoms with Gasteiger partial charge >= 0.3 is 6.01 Å². The first-order valence-corrected chi connectivity index (χ1v) is 16.5. The van der Waals surface area contributed by atoms with Gasteiger partial charge in [-0.1, -0.05) is 24.2 Å². The summed E-state index contributed by atoms with van der Waals surface area (Å²) in [6.07, 6.45) is 2.98. The van der Waals surface area contributed by atoms with Crippen LogP contribution in [0.1, 0.15) is 25.7 Å². The molecule has 3 saturated heterocycles. The van der Waals surface area contributed by atoms with E-state index in [1.54, 1.807) is 18.0 Å². The van der Waals surface area contributed by atoms with Crippen LogP contribution in [0.25, 0.3) is 37.0 Å². The Morgan fingerprint density at radius 2 is 2.15 bits per heavy atom. The number of benzene rings is 2. The predicted octanol–water partition coefficient (Wildman–Crippen LogP) is 6.75. The second-order valence-corrected chi connectivity index (χ2v) is 13.9. The number of fused-ring (bicyclic) bond motifs is 3. The number of hydrogen-bond acceptors (Lipinski definition) is 8. The zero-order chi connectivity index (χ0) is 33.2.